The first kappa shape index (κ1) is 25.3. The third kappa shape index (κ3) is 4.92. The van der Waals surface area contributed by atoms with Gasteiger partial charge in [-0.1, -0.05) is 62.3 Å². The van der Waals surface area contributed by atoms with Gasteiger partial charge in [-0.15, -0.1) is 0 Å². The van der Waals surface area contributed by atoms with Crippen molar-refractivity contribution >= 4 is 28.9 Å². The molecule has 1 amide bonds. The summed E-state index contributed by atoms with van der Waals surface area (Å²) in [7, 11) is 0. The number of anilines is 2. The maximum absolute atomic E-state index is 14.2. The van der Waals surface area contributed by atoms with E-state index >= 15 is 0 Å². The Bertz CT molecular complexity index is 1050. The molecule has 2 saturated carbocycles. The van der Waals surface area contributed by atoms with Crippen LogP contribution in [0.15, 0.2) is 36.4 Å². The van der Waals surface area contributed by atoms with Crippen molar-refractivity contribution in [3.63, 3.8) is 0 Å². The Balaban J connectivity index is 1.58. The zero-order valence-electron chi connectivity index (χ0n) is 20.3. The third-order valence-corrected chi connectivity index (χ3v) is 8.46. The van der Waals surface area contributed by atoms with E-state index in [4.69, 9.17) is 11.6 Å². The largest absolute Gasteiger partial charge is 0.384 e. The number of nitrogens with one attached hydrogen (secondary N) is 3. The molecular weight excluding hydrogens is 484 g/mol. The molecule has 36 heavy (non-hydrogen) atoms. The summed E-state index contributed by atoms with van der Waals surface area (Å²) in [6.07, 6.45) is 8.82. The molecule has 1 aliphatic heterocycles. The molecule has 194 valence electrons. The molecule has 2 aromatic rings. The summed E-state index contributed by atoms with van der Waals surface area (Å²) in [5.41, 5.74) is -0.183. The first-order chi connectivity index (χ1) is 17.4. The molecule has 0 spiro atoms. The summed E-state index contributed by atoms with van der Waals surface area (Å²) < 4.78 is 28.4. The molecule has 5 nitrogen and oxygen atoms in total. The number of hydrogen-bond acceptors (Lipinski definition) is 4. The zero-order valence-corrected chi connectivity index (χ0v) is 21.1. The van der Waals surface area contributed by atoms with Gasteiger partial charge in [-0.05, 0) is 49.3 Å². The molecule has 5 rings (SSSR count). The smallest absolute Gasteiger partial charge is 0.228 e. The van der Waals surface area contributed by atoms with Crippen LogP contribution in [0.1, 0.15) is 75.9 Å². The van der Waals surface area contributed by atoms with Crippen molar-refractivity contribution in [1.82, 2.24) is 5.32 Å². The van der Waals surface area contributed by atoms with Gasteiger partial charge in [-0.2, -0.15) is 0 Å². The number of amides is 1. The first-order valence-electron chi connectivity index (χ1n) is 13.2. The standard InChI is InChI=1S/C28H34ClF2N3O2/c29-19-13-11-18(12-14-19)26(35)28(33-23-15-21(30)22(31)16-24(23)34-28)25(17-7-3-1-4-8-17)27(36)32-20-9-5-2-6-10-20/h11-17,20,25-26,33-35H,1-10H2,(H,32,36). The van der Waals surface area contributed by atoms with Gasteiger partial charge in [-0.25, -0.2) is 8.78 Å². The molecule has 3 aliphatic rings. The molecule has 4 N–H and O–H groups in total. The fraction of sp³-hybridized carbons (Fsp3) is 0.536. The highest BCUT2D eigenvalue weighted by molar-refractivity contribution is 6.30. The Morgan fingerprint density at radius 3 is 2.00 bits per heavy atom. The van der Waals surface area contributed by atoms with E-state index in [0.717, 1.165) is 69.9 Å². The van der Waals surface area contributed by atoms with Crippen LogP contribution in [0, 0.1) is 23.5 Å². The molecular formula is C28H34ClF2N3O2. The van der Waals surface area contributed by atoms with Crippen molar-refractivity contribution in [2.45, 2.75) is 82.0 Å². The number of fused-ring (bicyclic) bond motifs is 1. The van der Waals surface area contributed by atoms with Gasteiger partial charge in [0.25, 0.3) is 0 Å². The minimum absolute atomic E-state index is 0.00621. The summed E-state index contributed by atoms with van der Waals surface area (Å²) >= 11 is 6.10. The predicted octanol–water partition coefficient (Wildman–Crippen LogP) is 6.53. The number of rotatable bonds is 6. The number of carbonyl (C=O) groups excluding carboxylic acids is 1. The zero-order chi connectivity index (χ0) is 25.3. The Morgan fingerprint density at radius 2 is 1.44 bits per heavy atom. The van der Waals surface area contributed by atoms with Crippen molar-refractivity contribution in [3.8, 4) is 0 Å². The van der Waals surface area contributed by atoms with E-state index < -0.39 is 29.3 Å². The monoisotopic (exact) mass is 517 g/mol. The van der Waals surface area contributed by atoms with E-state index in [1.165, 1.54) is 6.42 Å². The summed E-state index contributed by atoms with van der Waals surface area (Å²) in [4.78, 5) is 14.1. The van der Waals surface area contributed by atoms with Crippen LogP contribution in [-0.4, -0.2) is 22.7 Å². The second-order valence-electron chi connectivity index (χ2n) is 10.6. The van der Waals surface area contributed by atoms with Gasteiger partial charge in [0.15, 0.2) is 17.3 Å². The van der Waals surface area contributed by atoms with Crippen molar-refractivity contribution in [2.75, 3.05) is 10.6 Å². The Kier molecular flexibility index (Phi) is 7.40. The lowest BCUT2D eigenvalue weighted by atomic mass is 9.70. The highest BCUT2D eigenvalue weighted by Gasteiger charge is 2.55. The van der Waals surface area contributed by atoms with Gasteiger partial charge < -0.3 is 21.1 Å². The molecule has 2 aromatic carbocycles. The molecule has 0 bridgehead atoms. The van der Waals surface area contributed by atoms with E-state index in [-0.39, 0.29) is 17.9 Å². The van der Waals surface area contributed by atoms with Crippen molar-refractivity contribution in [2.24, 2.45) is 11.8 Å². The lowest BCUT2D eigenvalue weighted by Crippen LogP contribution is -2.61. The molecule has 0 radical (unpaired) electrons. The Morgan fingerprint density at radius 1 is 0.917 bits per heavy atom. The lowest BCUT2D eigenvalue weighted by molar-refractivity contribution is -0.132. The van der Waals surface area contributed by atoms with Crippen LogP contribution in [0.3, 0.4) is 0 Å². The number of hydrogen-bond donors (Lipinski definition) is 4. The van der Waals surface area contributed by atoms with Gasteiger partial charge in [-0.3, -0.25) is 4.79 Å². The summed E-state index contributed by atoms with van der Waals surface area (Å²) in [6, 6.07) is 9.09. The number of benzene rings is 2. The second-order valence-corrected chi connectivity index (χ2v) is 11.0. The van der Waals surface area contributed by atoms with Crippen LogP contribution >= 0.6 is 11.6 Å². The van der Waals surface area contributed by atoms with Crippen molar-refractivity contribution < 1.29 is 18.7 Å². The van der Waals surface area contributed by atoms with E-state index in [9.17, 15) is 18.7 Å². The molecule has 0 aromatic heterocycles. The van der Waals surface area contributed by atoms with Crippen LogP contribution < -0.4 is 16.0 Å². The van der Waals surface area contributed by atoms with E-state index in [2.05, 4.69) is 16.0 Å². The van der Waals surface area contributed by atoms with Crippen molar-refractivity contribution in [3.05, 3.63) is 58.6 Å². The van der Waals surface area contributed by atoms with Gasteiger partial charge >= 0.3 is 0 Å². The van der Waals surface area contributed by atoms with E-state index in [0.29, 0.717) is 22.0 Å². The number of aliphatic hydroxyl groups is 1. The summed E-state index contributed by atoms with van der Waals surface area (Å²) in [5, 5.41) is 22.3. The fourth-order valence-corrected chi connectivity index (χ4v) is 6.52. The van der Waals surface area contributed by atoms with Crippen LogP contribution in [0.4, 0.5) is 20.2 Å². The van der Waals surface area contributed by atoms with Crippen molar-refractivity contribution in [1.29, 1.82) is 0 Å². The van der Waals surface area contributed by atoms with Gasteiger partial charge in [0.2, 0.25) is 5.91 Å². The van der Waals surface area contributed by atoms with Gasteiger partial charge in [0, 0.05) is 23.2 Å². The molecule has 0 saturated heterocycles. The Labute approximate surface area is 216 Å². The highest BCUT2D eigenvalue weighted by Crippen LogP contribution is 2.49. The molecule has 2 atom stereocenters. The van der Waals surface area contributed by atoms with Crippen LogP contribution in [-0.2, 0) is 4.79 Å². The SMILES string of the molecule is O=C(NC1CCCCC1)C(C1CCCCC1)C1(C(O)c2ccc(Cl)cc2)Nc2cc(F)c(F)cc2N1. The maximum Gasteiger partial charge on any atom is 0.228 e. The fourth-order valence-electron chi connectivity index (χ4n) is 6.40. The average Bonchev–Trinajstić information content (AvgIpc) is 3.24. The van der Waals surface area contributed by atoms with Gasteiger partial charge in [0.05, 0.1) is 17.3 Å². The average molecular weight is 518 g/mol. The normalized spacial score (nSPS) is 21.7. The summed E-state index contributed by atoms with van der Waals surface area (Å²) in [6.45, 7) is 0. The second kappa shape index (κ2) is 10.5. The van der Waals surface area contributed by atoms with E-state index in [1.54, 1.807) is 24.3 Å². The molecule has 8 heteroatoms. The quantitative estimate of drug-likeness (QED) is 0.351. The summed E-state index contributed by atoms with van der Waals surface area (Å²) in [5.74, 6) is -2.78. The minimum atomic E-state index is -1.39. The first-order valence-corrected chi connectivity index (χ1v) is 13.5. The third-order valence-electron chi connectivity index (χ3n) is 8.21. The number of halogens is 3. The minimum Gasteiger partial charge on any atom is -0.384 e. The molecule has 2 unspecified atom stereocenters. The topological polar surface area (TPSA) is 73.4 Å². The van der Waals surface area contributed by atoms with Crippen LogP contribution in [0.2, 0.25) is 5.02 Å². The molecule has 2 aliphatic carbocycles. The number of aliphatic hydroxyl groups excluding tert-OH is 1. The highest BCUT2D eigenvalue weighted by atomic mass is 35.5. The maximum atomic E-state index is 14.2. The molecule has 2 fully saturated rings. The Hall–Kier alpha value is -2.38. The molecule has 1 heterocycles. The predicted molar refractivity (Wildman–Crippen MR) is 138 cm³/mol. The number of carbonyl (C=O) groups is 1. The van der Waals surface area contributed by atoms with Crippen LogP contribution in [0.25, 0.3) is 0 Å². The van der Waals surface area contributed by atoms with E-state index in [1.807, 2.05) is 0 Å². The lowest BCUT2D eigenvalue weighted by Gasteiger charge is -2.46. The van der Waals surface area contributed by atoms with Gasteiger partial charge in [0.1, 0.15) is 6.10 Å². The van der Waals surface area contributed by atoms with Crippen LogP contribution in [0.5, 0.6) is 0 Å².